The van der Waals surface area contributed by atoms with Gasteiger partial charge in [-0.3, -0.25) is 4.79 Å². The predicted octanol–water partition coefficient (Wildman–Crippen LogP) is 1.22. The third-order valence-corrected chi connectivity index (χ3v) is 2.89. The molecule has 18 heavy (non-hydrogen) atoms. The Labute approximate surface area is 111 Å². The molecule has 0 aliphatic carbocycles. The number of hydrogen-bond donors (Lipinski definition) is 1. The summed E-state index contributed by atoms with van der Waals surface area (Å²) in [4.78, 5) is 13.5. The Balaban J connectivity index is 2.41. The zero-order valence-corrected chi connectivity index (χ0v) is 11.5. The van der Waals surface area contributed by atoms with Crippen molar-refractivity contribution in [1.82, 2.24) is 4.90 Å². The third-order valence-electron chi connectivity index (χ3n) is 2.31. The van der Waals surface area contributed by atoms with Crippen molar-refractivity contribution in [2.45, 2.75) is 5.75 Å². The van der Waals surface area contributed by atoms with Crippen molar-refractivity contribution in [1.29, 1.82) is 0 Å². The second-order valence-corrected chi connectivity index (χ2v) is 4.63. The van der Waals surface area contributed by atoms with E-state index >= 15 is 0 Å². The number of furan rings is 1. The molecule has 1 N–H and O–H groups in total. The molecule has 0 saturated heterocycles. The van der Waals surface area contributed by atoms with Gasteiger partial charge in [-0.1, -0.05) is 0 Å². The van der Waals surface area contributed by atoms with Crippen LogP contribution in [-0.4, -0.2) is 55.6 Å². The first-order valence-corrected chi connectivity index (χ1v) is 7.10. The SMILES string of the molecule is CSCc1ccc(C(=O)N(C)CCOCCO)o1. The van der Waals surface area contributed by atoms with E-state index in [-0.39, 0.29) is 12.5 Å². The maximum atomic E-state index is 11.9. The van der Waals surface area contributed by atoms with Crippen LogP contribution >= 0.6 is 11.8 Å². The summed E-state index contributed by atoms with van der Waals surface area (Å²) in [5.74, 6) is 1.76. The Kier molecular flexibility index (Phi) is 6.85. The largest absolute Gasteiger partial charge is 0.455 e. The van der Waals surface area contributed by atoms with E-state index in [4.69, 9.17) is 14.3 Å². The monoisotopic (exact) mass is 273 g/mol. The number of carbonyl (C=O) groups is 1. The van der Waals surface area contributed by atoms with Gasteiger partial charge in [0.05, 0.1) is 25.6 Å². The van der Waals surface area contributed by atoms with Crippen LogP contribution in [0, 0.1) is 0 Å². The smallest absolute Gasteiger partial charge is 0.289 e. The van der Waals surface area contributed by atoms with Crippen molar-refractivity contribution < 1.29 is 19.1 Å². The van der Waals surface area contributed by atoms with Crippen molar-refractivity contribution in [3.8, 4) is 0 Å². The molecule has 5 nitrogen and oxygen atoms in total. The van der Waals surface area contributed by atoms with Gasteiger partial charge in [0.25, 0.3) is 5.91 Å². The van der Waals surface area contributed by atoms with Gasteiger partial charge in [-0.2, -0.15) is 11.8 Å². The summed E-state index contributed by atoms with van der Waals surface area (Å²) >= 11 is 1.65. The van der Waals surface area contributed by atoms with Gasteiger partial charge in [0.1, 0.15) is 5.76 Å². The highest BCUT2D eigenvalue weighted by molar-refractivity contribution is 7.97. The minimum atomic E-state index is -0.157. The molecular weight excluding hydrogens is 254 g/mol. The first-order valence-electron chi connectivity index (χ1n) is 5.70. The molecule has 0 aromatic carbocycles. The second-order valence-electron chi connectivity index (χ2n) is 3.76. The topological polar surface area (TPSA) is 62.9 Å². The second kappa shape index (κ2) is 8.18. The first-order chi connectivity index (χ1) is 8.69. The molecule has 1 heterocycles. The molecule has 0 unspecified atom stereocenters. The Hall–Kier alpha value is -0.980. The van der Waals surface area contributed by atoms with Crippen LogP contribution in [0.3, 0.4) is 0 Å². The van der Waals surface area contributed by atoms with Gasteiger partial charge in [0.15, 0.2) is 5.76 Å². The molecule has 0 fully saturated rings. The fraction of sp³-hybridized carbons (Fsp3) is 0.583. The van der Waals surface area contributed by atoms with E-state index in [2.05, 4.69) is 0 Å². The van der Waals surface area contributed by atoms with Crippen molar-refractivity contribution in [2.24, 2.45) is 0 Å². The standard InChI is InChI=1S/C12H19NO4S/c1-13(5-7-16-8-6-14)12(15)11-4-3-10(17-11)9-18-2/h3-4,14H,5-9H2,1-2H3. The molecule has 102 valence electrons. The quantitative estimate of drug-likeness (QED) is 0.722. The van der Waals surface area contributed by atoms with Gasteiger partial charge in [-0.15, -0.1) is 0 Å². The lowest BCUT2D eigenvalue weighted by atomic mass is 10.4. The number of aliphatic hydroxyl groups is 1. The molecule has 1 rings (SSSR count). The summed E-state index contributed by atoms with van der Waals surface area (Å²) in [6.45, 7) is 1.16. The highest BCUT2D eigenvalue weighted by atomic mass is 32.2. The number of ether oxygens (including phenoxy) is 1. The fourth-order valence-corrected chi connectivity index (χ4v) is 1.81. The predicted molar refractivity (Wildman–Crippen MR) is 70.8 cm³/mol. The van der Waals surface area contributed by atoms with Crippen LogP contribution in [-0.2, 0) is 10.5 Å². The van der Waals surface area contributed by atoms with E-state index in [1.807, 2.05) is 12.3 Å². The van der Waals surface area contributed by atoms with E-state index in [9.17, 15) is 4.79 Å². The van der Waals surface area contributed by atoms with Crippen LogP contribution in [0.4, 0.5) is 0 Å². The highest BCUT2D eigenvalue weighted by Gasteiger charge is 2.15. The molecule has 1 amide bonds. The van der Waals surface area contributed by atoms with Crippen LogP contribution in [0.1, 0.15) is 16.3 Å². The molecular formula is C12H19NO4S. The molecule has 0 radical (unpaired) electrons. The van der Waals surface area contributed by atoms with E-state index < -0.39 is 0 Å². The highest BCUT2D eigenvalue weighted by Crippen LogP contribution is 2.14. The minimum Gasteiger partial charge on any atom is -0.455 e. The minimum absolute atomic E-state index is 0.00606. The number of likely N-dealkylation sites (N-methyl/N-ethyl adjacent to an activating group) is 1. The molecule has 0 saturated carbocycles. The van der Waals surface area contributed by atoms with E-state index in [1.165, 1.54) is 0 Å². The average molecular weight is 273 g/mol. The van der Waals surface area contributed by atoms with Crippen LogP contribution in [0.5, 0.6) is 0 Å². The van der Waals surface area contributed by atoms with Gasteiger partial charge >= 0.3 is 0 Å². The fourth-order valence-electron chi connectivity index (χ4n) is 1.37. The Morgan fingerprint density at radius 1 is 1.50 bits per heavy atom. The number of carbonyl (C=O) groups excluding carboxylic acids is 1. The van der Waals surface area contributed by atoms with E-state index in [1.54, 1.807) is 29.8 Å². The first kappa shape index (κ1) is 15.1. The molecule has 0 aliphatic heterocycles. The van der Waals surface area contributed by atoms with E-state index in [0.29, 0.717) is 25.5 Å². The maximum absolute atomic E-state index is 11.9. The van der Waals surface area contributed by atoms with Gasteiger partial charge in [-0.25, -0.2) is 0 Å². The normalized spacial score (nSPS) is 10.6. The molecule has 0 atom stereocenters. The van der Waals surface area contributed by atoms with Crippen LogP contribution in [0.15, 0.2) is 16.5 Å². The van der Waals surface area contributed by atoms with Crippen LogP contribution in [0.2, 0.25) is 0 Å². The number of rotatable bonds is 8. The maximum Gasteiger partial charge on any atom is 0.289 e. The zero-order chi connectivity index (χ0) is 13.4. The number of amides is 1. The summed E-state index contributed by atoms with van der Waals surface area (Å²) in [5, 5.41) is 8.55. The number of aliphatic hydroxyl groups excluding tert-OH is 1. The third kappa shape index (κ3) is 4.72. The molecule has 1 aromatic rings. The Bertz CT molecular complexity index is 367. The summed E-state index contributed by atoms with van der Waals surface area (Å²) in [6, 6.07) is 3.51. The van der Waals surface area contributed by atoms with Gasteiger partial charge < -0.3 is 19.2 Å². The Morgan fingerprint density at radius 2 is 2.28 bits per heavy atom. The molecule has 0 bridgehead atoms. The van der Waals surface area contributed by atoms with Gasteiger partial charge in [-0.05, 0) is 18.4 Å². The number of thioether (sulfide) groups is 1. The number of nitrogens with zero attached hydrogens (tertiary/aromatic N) is 1. The van der Waals surface area contributed by atoms with Crippen LogP contribution < -0.4 is 0 Å². The summed E-state index contributed by atoms with van der Waals surface area (Å²) < 4.78 is 10.5. The van der Waals surface area contributed by atoms with E-state index in [0.717, 1.165) is 11.5 Å². The van der Waals surface area contributed by atoms with Crippen molar-refractivity contribution in [3.05, 3.63) is 23.7 Å². The average Bonchev–Trinajstić information content (AvgIpc) is 2.82. The van der Waals surface area contributed by atoms with Crippen LogP contribution in [0.25, 0.3) is 0 Å². The lowest BCUT2D eigenvalue weighted by Gasteiger charge is -2.15. The zero-order valence-electron chi connectivity index (χ0n) is 10.7. The molecule has 1 aromatic heterocycles. The van der Waals surface area contributed by atoms with Crippen molar-refractivity contribution in [2.75, 3.05) is 39.7 Å². The Morgan fingerprint density at radius 3 is 2.94 bits per heavy atom. The lowest BCUT2D eigenvalue weighted by Crippen LogP contribution is -2.30. The summed E-state index contributed by atoms with van der Waals surface area (Å²) in [7, 11) is 1.70. The summed E-state index contributed by atoms with van der Waals surface area (Å²) in [6.07, 6.45) is 1.98. The van der Waals surface area contributed by atoms with Crippen molar-refractivity contribution in [3.63, 3.8) is 0 Å². The molecule has 0 aliphatic rings. The number of hydrogen-bond acceptors (Lipinski definition) is 5. The van der Waals surface area contributed by atoms with Crippen molar-refractivity contribution >= 4 is 17.7 Å². The lowest BCUT2D eigenvalue weighted by molar-refractivity contribution is 0.0596. The summed E-state index contributed by atoms with van der Waals surface area (Å²) in [5.41, 5.74) is 0. The van der Waals surface area contributed by atoms with Gasteiger partial charge in [0.2, 0.25) is 0 Å². The molecule has 6 heteroatoms. The molecule has 0 spiro atoms. The van der Waals surface area contributed by atoms with Gasteiger partial charge in [0, 0.05) is 13.6 Å².